The van der Waals surface area contributed by atoms with Gasteiger partial charge in [-0.2, -0.15) is 0 Å². The molecule has 1 saturated carbocycles. The highest BCUT2D eigenvalue weighted by Crippen LogP contribution is 2.47. The maximum atomic E-state index is 12.4. The zero-order valence-electron chi connectivity index (χ0n) is 10.4. The van der Waals surface area contributed by atoms with Gasteiger partial charge in [0.2, 0.25) is 5.91 Å². The van der Waals surface area contributed by atoms with Crippen molar-refractivity contribution in [3.63, 3.8) is 0 Å². The number of anilines is 1. The Morgan fingerprint density at radius 2 is 2.11 bits per heavy atom. The monoisotopic (exact) mass is 264 g/mol. The van der Waals surface area contributed by atoms with Crippen LogP contribution in [0.15, 0.2) is 24.3 Å². The summed E-state index contributed by atoms with van der Waals surface area (Å²) in [4.78, 5) is 14.3. The van der Waals surface area contributed by atoms with E-state index in [1.807, 2.05) is 36.1 Å². The molecule has 1 aliphatic heterocycles. The van der Waals surface area contributed by atoms with Crippen molar-refractivity contribution in [3.05, 3.63) is 29.3 Å². The Kier molecular flexibility index (Phi) is 2.83. The van der Waals surface area contributed by atoms with Crippen molar-refractivity contribution in [2.24, 2.45) is 5.41 Å². The van der Waals surface area contributed by atoms with E-state index in [4.69, 9.17) is 11.6 Å². The second-order valence-corrected chi connectivity index (χ2v) is 5.89. The molecule has 0 radical (unpaired) electrons. The van der Waals surface area contributed by atoms with Crippen LogP contribution < -0.4 is 10.2 Å². The molecule has 1 aromatic carbocycles. The molecule has 1 amide bonds. The highest BCUT2D eigenvalue weighted by Gasteiger charge is 2.47. The summed E-state index contributed by atoms with van der Waals surface area (Å²) >= 11 is 6.22. The molecule has 4 heteroatoms. The first kappa shape index (κ1) is 12.0. The second-order valence-electron chi connectivity index (χ2n) is 5.48. The molecular formula is C14H17ClN2O. The van der Waals surface area contributed by atoms with Gasteiger partial charge in [0.1, 0.15) is 0 Å². The van der Waals surface area contributed by atoms with E-state index in [2.05, 4.69) is 5.32 Å². The van der Waals surface area contributed by atoms with Crippen LogP contribution in [0.3, 0.4) is 0 Å². The molecule has 1 aliphatic carbocycles. The number of rotatable bonds is 1. The summed E-state index contributed by atoms with van der Waals surface area (Å²) in [6.45, 7) is 3.64. The van der Waals surface area contributed by atoms with Crippen molar-refractivity contribution in [2.45, 2.75) is 25.8 Å². The predicted molar refractivity (Wildman–Crippen MR) is 72.9 cm³/mol. The fourth-order valence-electron chi connectivity index (χ4n) is 2.55. The number of hydrogen-bond donors (Lipinski definition) is 1. The summed E-state index contributed by atoms with van der Waals surface area (Å²) < 4.78 is 0. The van der Waals surface area contributed by atoms with E-state index in [-0.39, 0.29) is 17.4 Å². The Hall–Kier alpha value is -1.06. The second kappa shape index (κ2) is 4.25. The first-order valence-corrected chi connectivity index (χ1v) is 6.78. The standard InChI is InChI=1S/C14H17ClN2O/c1-10-13(18)17(9-14(6-7-14)8-16-10)12-5-3-2-4-11(12)15/h2-5,10,16H,6-9H2,1H3. The zero-order chi connectivity index (χ0) is 12.8. The van der Waals surface area contributed by atoms with E-state index in [0.717, 1.165) is 18.8 Å². The molecule has 1 atom stereocenters. The van der Waals surface area contributed by atoms with Crippen LogP contribution in [0.2, 0.25) is 5.02 Å². The average Bonchev–Trinajstić information content (AvgIpc) is 3.14. The fraction of sp³-hybridized carbons (Fsp3) is 0.500. The zero-order valence-corrected chi connectivity index (χ0v) is 11.2. The summed E-state index contributed by atoms with van der Waals surface area (Å²) in [7, 11) is 0. The van der Waals surface area contributed by atoms with Crippen molar-refractivity contribution >= 4 is 23.2 Å². The number of carbonyl (C=O) groups excluding carboxylic acids is 1. The smallest absolute Gasteiger partial charge is 0.243 e. The number of carbonyl (C=O) groups is 1. The number of nitrogens with one attached hydrogen (secondary N) is 1. The molecular weight excluding hydrogens is 248 g/mol. The van der Waals surface area contributed by atoms with Gasteiger partial charge < -0.3 is 10.2 Å². The molecule has 3 nitrogen and oxygen atoms in total. The molecule has 1 unspecified atom stereocenters. The molecule has 0 bridgehead atoms. The van der Waals surface area contributed by atoms with E-state index in [1.165, 1.54) is 12.8 Å². The number of hydrogen-bond acceptors (Lipinski definition) is 2. The lowest BCUT2D eigenvalue weighted by molar-refractivity contribution is -0.119. The van der Waals surface area contributed by atoms with Gasteiger partial charge in [0.15, 0.2) is 0 Å². The molecule has 3 rings (SSSR count). The van der Waals surface area contributed by atoms with Crippen LogP contribution in [0.1, 0.15) is 19.8 Å². The van der Waals surface area contributed by atoms with E-state index < -0.39 is 0 Å². The lowest BCUT2D eigenvalue weighted by Gasteiger charge is -2.26. The Morgan fingerprint density at radius 3 is 2.78 bits per heavy atom. The SMILES string of the molecule is CC1NCC2(CC2)CN(c2ccccc2Cl)C1=O. The number of para-hydroxylation sites is 1. The summed E-state index contributed by atoms with van der Waals surface area (Å²) in [5.41, 5.74) is 1.12. The molecule has 18 heavy (non-hydrogen) atoms. The minimum Gasteiger partial charge on any atom is -0.309 e. The summed E-state index contributed by atoms with van der Waals surface area (Å²) in [6, 6.07) is 7.45. The molecule has 1 aromatic rings. The summed E-state index contributed by atoms with van der Waals surface area (Å²) in [5.74, 6) is 0.117. The quantitative estimate of drug-likeness (QED) is 0.845. The van der Waals surface area contributed by atoms with Gasteiger partial charge in [-0.3, -0.25) is 4.79 Å². The number of halogens is 1. The first-order chi connectivity index (χ1) is 8.61. The normalized spacial score (nSPS) is 26.2. The van der Waals surface area contributed by atoms with Gasteiger partial charge in [-0.1, -0.05) is 23.7 Å². The third-order valence-electron chi connectivity index (χ3n) is 4.01. The van der Waals surface area contributed by atoms with Gasteiger partial charge in [-0.15, -0.1) is 0 Å². The van der Waals surface area contributed by atoms with E-state index in [0.29, 0.717) is 5.02 Å². The Morgan fingerprint density at radius 1 is 1.39 bits per heavy atom. The predicted octanol–water partition coefficient (Wildman–Crippen LogP) is 2.44. The Balaban J connectivity index is 1.97. The summed E-state index contributed by atoms with van der Waals surface area (Å²) in [5, 5.41) is 3.98. The van der Waals surface area contributed by atoms with Gasteiger partial charge in [0.05, 0.1) is 16.8 Å². The van der Waals surface area contributed by atoms with Crippen LogP contribution in [-0.2, 0) is 4.79 Å². The number of amides is 1. The van der Waals surface area contributed by atoms with Crippen LogP contribution in [-0.4, -0.2) is 25.0 Å². The van der Waals surface area contributed by atoms with Crippen molar-refractivity contribution in [1.82, 2.24) is 5.32 Å². The number of benzene rings is 1. The average molecular weight is 265 g/mol. The van der Waals surface area contributed by atoms with E-state index in [1.54, 1.807) is 0 Å². The molecule has 96 valence electrons. The van der Waals surface area contributed by atoms with E-state index >= 15 is 0 Å². The van der Waals surface area contributed by atoms with Gasteiger partial charge >= 0.3 is 0 Å². The van der Waals surface area contributed by atoms with Crippen LogP contribution in [0, 0.1) is 5.41 Å². The molecule has 2 fully saturated rings. The van der Waals surface area contributed by atoms with Crippen molar-refractivity contribution in [3.8, 4) is 0 Å². The lowest BCUT2D eigenvalue weighted by atomic mass is 10.1. The molecule has 2 aliphatic rings. The van der Waals surface area contributed by atoms with Crippen molar-refractivity contribution in [1.29, 1.82) is 0 Å². The van der Waals surface area contributed by atoms with Gasteiger partial charge in [-0.05, 0) is 31.9 Å². The van der Waals surface area contributed by atoms with Crippen molar-refractivity contribution in [2.75, 3.05) is 18.0 Å². The third kappa shape index (κ3) is 2.02. The van der Waals surface area contributed by atoms with Gasteiger partial charge in [0, 0.05) is 18.5 Å². The fourth-order valence-corrected chi connectivity index (χ4v) is 2.78. The van der Waals surface area contributed by atoms with Crippen LogP contribution in [0.4, 0.5) is 5.69 Å². The minimum atomic E-state index is -0.138. The molecule has 1 spiro atoms. The van der Waals surface area contributed by atoms with Gasteiger partial charge in [-0.25, -0.2) is 0 Å². The lowest BCUT2D eigenvalue weighted by Crippen LogP contribution is -2.42. The maximum absolute atomic E-state index is 12.4. The largest absolute Gasteiger partial charge is 0.309 e. The van der Waals surface area contributed by atoms with Crippen LogP contribution in [0.5, 0.6) is 0 Å². The first-order valence-electron chi connectivity index (χ1n) is 6.41. The molecule has 1 saturated heterocycles. The van der Waals surface area contributed by atoms with Crippen LogP contribution in [0.25, 0.3) is 0 Å². The van der Waals surface area contributed by atoms with Gasteiger partial charge in [0.25, 0.3) is 0 Å². The highest BCUT2D eigenvalue weighted by molar-refractivity contribution is 6.33. The Labute approximate surface area is 112 Å². The molecule has 1 N–H and O–H groups in total. The number of nitrogens with zero attached hydrogens (tertiary/aromatic N) is 1. The molecule has 1 heterocycles. The highest BCUT2D eigenvalue weighted by atomic mass is 35.5. The molecule has 0 aromatic heterocycles. The third-order valence-corrected chi connectivity index (χ3v) is 4.33. The van der Waals surface area contributed by atoms with Crippen molar-refractivity contribution < 1.29 is 4.79 Å². The maximum Gasteiger partial charge on any atom is 0.243 e. The van der Waals surface area contributed by atoms with E-state index in [9.17, 15) is 4.79 Å². The Bertz CT molecular complexity index is 484. The minimum absolute atomic E-state index is 0.117. The topological polar surface area (TPSA) is 32.3 Å². The van der Waals surface area contributed by atoms with Crippen LogP contribution >= 0.6 is 11.6 Å². The summed E-state index contributed by atoms with van der Waals surface area (Å²) in [6.07, 6.45) is 2.39.